The zero-order valence-corrected chi connectivity index (χ0v) is 12.2. The van der Waals surface area contributed by atoms with Crippen LogP contribution in [0, 0.1) is 0 Å². The zero-order valence-electron chi connectivity index (χ0n) is 12.2. The molecule has 1 N–H and O–H groups in total. The van der Waals surface area contributed by atoms with Gasteiger partial charge >= 0.3 is 0 Å². The van der Waals surface area contributed by atoms with Gasteiger partial charge in [-0.05, 0) is 49.2 Å². The van der Waals surface area contributed by atoms with Crippen LogP contribution in [-0.2, 0) is 4.79 Å². The fraction of sp³-hybridized carbons (Fsp3) is 0.167. The highest BCUT2D eigenvalue weighted by atomic mass is 16.1. The molecule has 0 saturated heterocycles. The molecule has 4 heteroatoms. The highest BCUT2D eigenvalue weighted by Gasteiger charge is 2.16. The molecule has 110 valence electrons. The number of anilines is 1. The summed E-state index contributed by atoms with van der Waals surface area (Å²) in [6.45, 7) is 0. The number of carbonyl (C=O) groups excluding carboxylic acids is 1. The van der Waals surface area contributed by atoms with E-state index in [1.54, 1.807) is 0 Å². The van der Waals surface area contributed by atoms with Gasteiger partial charge in [-0.15, -0.1) is 0 Å². The van der Waals surface area contributed by atoms with Crippen molar-refractivity contribution < 1.29 is 4.79 Å². The first kappa shape index (κ1) is 14.2. The highest BCUT2D eigenvalue weighted by Crippen LogP contribution is 2.22. The molecular weight excluding hydrogens is 274 g/mol. The number of allylic oxidation sites excluding steroid dienone is 1. The fourth-order valence-electron chi connectivity index (χ4n) is 2.30. The van der Waals surface area contributed by atoms with Gasteiger partial charge in [-0.25, -0.2) is 0 Å². The summed E-state index contributed by atoms with van der Waals surface area (Å²) in [5.41, 5.74) is 3.44. The molecule has 1 saturated carbocycles. The predicted molar refractivity (Wildman–Crippen MR) is 87.6 cm³/mol. The number of ketones is 1. The summed E-state index contributed by atoms with van der Waals surface area (Å²) in [7, 11) is 0. The molecule has 0 radical (unpaired) electrons. The number of carbonyl (C=O) groups is 1. The second-order valence-electron chi connectivity index (χ2n) is 5.17. The van der Waals surface area contributed by atoms with E-state index in [1.807, 2.05) is 60.8 Å². The van der Waals surface area contributed by atoms with Crippen LogP contribution in [0.15, 0.2) is 76.6 Å². The molecule has 1 aliphatic carbocycles. The summed E-state index contributed by atoms with van der Waals surface area (Å²) in [5, 5.41) is 11.5. The van der Waals surface area contributed by atoms with Gasteiger partial charge in [0, 0.05) is 23.9 Å². The molecule has 3 rings (SSSR count). The average Bonchev–Trinajstić information content (AvgIpc) is 2.98. The maximum atomic E-state index is 11.5. The van der Waals surface area contributed by atoms with Crippen molar-refractivity contribution in [2.24, 2.45) is 10.2 Å². The number of azo groups is 1. The summed E-state index contributed by atoms with van der Waals surface area (Å²) in [5.74, 6) is 0.251. The molecule has 2 aromatic carbocycles. The largest absolute Gasteiger partial charge is 0.361 e. The standard InChI is InChI=1S/C18H17N3O/c22-18-8-4-5-14(18)13-19-15-9-11-17(12-10-15)21-20-16-6-2-1-3-7-16/h1-3,6-7,9-13,19H,4-5,8H2/b14-13-,21-20?. The molecule has 4 nitrogen and oxygen atoms in total. The van der Waals surface area contributed by atoms with E-state index in [1.165, 1.54) is 0 Å². The Morgan fingerprint density at radius 1 is 0.864 bits per heavy atom. The summed E-state index contributed by atoms with van der Waals surface area (Å²) < 4.78 is 0. The number of benzene rings is 2. The molecular formula is C18H17N3O. The minimum absolute atomic E-state index is 0.251. The lowest BCUT2D eigenvalue weighted by atomic mass is 10.2. The Kier molecular flexibility index (Phi) is 4.39. The quantitative estimate of drug-likeness (QED) is 0.625. The van der Waals surface area contributed by atoms with Gasteiger partial charge in [0.05, 0.1) is 11.4 Å². The lowest BCUT2D eigenvalue weighted by Crippen LogP contribution is -1.96. The second-order valence-corrected chi connectivity index (χ2v) is 5.17. The monoisotopic (exact) mass is 291 g/mol. The van der Waals surface area contributed by atoms with E-state index in [0.29, 0.717) is 6.42 Å². The maximum absolute atomic E-state index is 11.5. The average molecular weight is 291 g/mol. The first-order valence-corrected chi connectivity index (χ1v) is 7.37. The lowest BCUT2D eigenvalue weighted by Gasteiger charge is -2.02. The number of nitrogens with one attached hydrogen (secondary N) is 1. The van der Waals surface area contributed by atoms with E-state index >= 15 is 0 Å². The van der Waals surface area contributed by atoms with Crippen LogP contribution in [0.5, 0.6) is 0 Å². The van der Waals surface area contributed by atoms with Crippen molar-refractivity contribution in [3.63, 3.8) is 0 Å². The Morgan fingerprint density at radius 3 is 2.18 bits per heavy atom. The van der Waals surface area contributed by atoms with Crippen LogP contribution in [0.4, 0.5) is 17.1 Å². The van der Waals surface area contributed by atoms with Crippen molar-refractivity contribution >= 4 is 22.8 Å². The van der Waals surface area contributed by atoms with Crippen LogP contribution < -0.4 is 5.32 Å². The first-order valence-electron chi connectivity index (χ1n) is 7.37. The van der Waals surface area contributed by atoms with Gasteiger partial charge in [-0.1, -0.05) is 18.2 Å². The molecule has 0 aromatic heterocycles. The lowest BCUT2D eigenvalue weighted by molar-refractivity contribution is -0.114. The van der Waals surface area contributed by atoms with Crippen LogP contribution in [0.25, 0.3) is 0 Å². The van der Waals surface area contributed by atoms with E-state index in [2.05, 4.69) is 15.5 Å². The zero-order chi connectivity index (χ0) is 15.2. The fourth-order valence-corrected chi connectivity index (χ4v) is 2.30. The molecule has 0 unspecified atom stereocenters. The summed E-state index contributed by atoms with van der Waals surface area (Å²) >= 11 is 0. The molecule has 1 aliphatic rings. The van der Waals surface area contributed by atoms with Gasteiger partial charge in [-0.3, -0.25) is 4.79 Å². The minimum Gasteiger partial charge on any atom is -0.361 e. The molecule has 0 atom stereocenters. The topological polar surface area (TPSA) is 53.8 Å². The molecule has 1 fully saturated rings. The van der Waals surface area contributed by atoms with Crippen LogP contribution in [0.2, 0.25) is 0 Å². The van der Waals surface area contributed by atoms with Crippen LogP contribution in [-0.4, -0.2) is 5.78 Å². The van der Waals surface area contributed by atoms with Crippen molar-refractivity contribution in [2.75, 3.05) is 5.32 Å². The number of rotatable bonds is 4. The van der Waals surface area contributed by atoms with Crippen molar-refractivity contribution in [3.05, 3.63) is 66.4 Å². The van der Waals surface area contributed by atoms with Gasteiger partial charge in [-0.2, -0.15) is 10.2 Å². The van der Waals surface area contributed by atoms with Crippen LogP contribution >= 0.6 is 0 Å². The predicted octanol–water partition coefficient (Wildman–Crippen LogP) is 5.15. The Hall–Kier alpha value is -2.75. The van der Waals surface area contributed by atoms with Gasteiger partial charge in [0.1, 0.15) is 0 Å². The number of hydrogen-bond donors (Lipinski definition) is 1. The Balaban J connectivity index is 1.63. The van der Waals surface area contributed by atoms with Gasteiger partial charge in [0.2, 0.25) is 0 Å². The SMILES string of the molecule is O=C1CCC/C1=C/Nc1ccc(N=Nc2ccccc2)cc1. The molecule has 0 amide bonds. The molecule has 0 heterocycles. The molecule has 22 heavy (non-hydrogen) atoms. The van der Waals surface area contributed by atoms with E-state index in [4.69, 9.17) is 0 Å². The minimum atomic E-state index is 0.251. The van der Waals surface area contributed by atoms with Crippen molar-refractivity contribution in [1.29, 1.82) is 0 Å². The summed E-state index contributed by atoms with van der Waals surface area (Å²) in [6.07, 6.45) is 4.32. The maximum Gasteiger partial charge on any atom is 0.160 e. The third kappa shape index (κ3) is 3.67. The Morgan fingerprint density at radius 2 is 1.55 bits per heavy atom. The second kappa shape index (κ2) is 6.80. The third-order valence-corrected chi connectivity index (χ3v) is 3.53. The van der Waals surface area contributed by atoms with Crippen LogP contribution in [0.1, 0.15) is 19.3 Å². The molecule has 0 bridgehead atoms. The van der Waals surface area contributed by atoms with E-state index < -0.39 is 0 Å². The summed E-state index contributed by atoms with van der Waals surface area (Å²) in [6, 6.07) is 17.3. The highest BCUT2D eigenvalue weighted by molar-refractivity contribution is 5.97. The number of hydrogen-bond acceptors (Lipinski definition) is 4. The normalized spacial score (nSPS) is 16.5. The number of nitrogens with zero attached hydrogens (tertiary/aromatic N) is 2. The smallest absolute Gasteiger partial charge is 0.160 e. The Bertz CT molecular complexity index is 703. The van der Waals surface area contributed by atoms with E-state index in [-0.39, 0.29) is 5.78 Å². The van der Waals surface area contributed by atoms with Crippen molar-refractivity contribution in [3.8, 4) is 0 Å². The van der Waals surface area contributed by atoms with E-state index in [9.17, 15) is 4.79 Å². The van der Waals surface area contributed by atoms with E-state index in [0.717, 1.165) is 35.5 Å². The van der Waals surface area contributed by atoms with Gasteiger partial charge in [0.15, 0.2) is 5.78 Å². The van der Waals surface area contributed by atoms with Crippen molar-refractivity contribution in [1.82, 2.24) is 0 Å². The van der Waals surface area contributed by atoms with Gasteiger partial charge < -0.3 is 5.32 Å². The third-order valence-electron chi connectivity index (χ3n) is 3.53. The number of Topliss-reactive ketones (excluding diaryl/α,β-unsaturated/α-hetero) is 1. The molecule has 2 aromatic rings. The molecule has 0 spiro atoms. The summed E-state index contributed by atoms with van der Waals surface area (Å²) in [4.78, 5) is 11.5. The Labute approximate surface area is 129 Å². The van der Waals surface area contributed by atoms with Gasteiger partial charge in [0.25, 0.3) is 0 Å². The first-order chi connectivity index (χ1) is 10.8. The van der Waals surface area contributed by atoms with Crippen LogP contribution in [0.3, 0.4) is 0 Å². The van der Waals surface area contributed by atoms with Crippen molar-refractivity contribution in [2.45, 2.75) is 19.3 Å². The molecule has 0 aliphatic heterocycles.